The van der Waals surface area contributed by atoms with Gasteiger partial charge in [0.2, 0.25) is 20.0 Å². The second-order valence-corrected chi connectivity index (χ2v) is 10.6. The summed E-state index contributed by atoms with van der Waals surface area (Å²) in [6.45, 7) is 0. The topological polar surface area (TPSA) is 92.3 Å². The molecule has 0 aromatic carbocycles. The minimum absolute atomic E-state index is 0.0921. The van der Waals surface area contributed by atoms with Gasteiger partial charge in [0.05, 0.1) is 12.5 Å². The van der Waals surface area contributed by atoms with Gasteiger partial charge in [0.15, 0.2) is 0 Å². The third-order valence-electron chi connectivity index (χ3n) is 4.97. The van der Waals surface area contributed by atoms with Crippen molar-refractivity contribution in [2.24, 2.45) is 11.8 Å². The maximum Gasteiger partial charge on any atom is 0.208 e. The third-order valence-corrected chi connectivity index (χ3v) is 6.49. The van der Waals surface area contributed by atoms with Crippen LogP contribution in [-0.4, -0.2) is 41.4 Å². The highest BCUT2D eigenvalue weighted by Gasteiger charge is 2.32. The summed E-state index contributed by atoms with van der Waals surface area (Å²) in [6.07, 6.45) is 10.4. The molecule has 0 spiro atoms. The van der Waals surface area contributed by atoms with Gasteiger partial charge in [0.1, 0.15) is 0 Å². The molecule has 0 aliphatic heterocycles. The summed E-state index contributed by atoms with van der Waals surface area (Å²) in [4.78, 5) is 0. The van der Waals surface area contributed by atoms with Crippen molar-refractivity contribution in [1.82, 2.24) is 9.44 Å². The first-order valence-corrected chi connectivity index (χ1v) is 11.9. The number of nitrogens with one attached hydrogen (secondary N) is 2. The molecule has 0 heterocycles. The van der Waals surface area contributed by atoms with Crippen LogP contribution in [0, 0.1) is 11.8 Å². The molecule has 22 heavy (non-hydrogen) atoms. The van der Waals surface area contributed by atoms with Crippen LogP contribution in [0.3, 0.4) is 0 Å². The summed E-state index contributed by atoms with van der Waals surface area (Å²) in [5.41, 5.74) is 0. The molecule has 0 bridgehead atoms. The Kier molecular flexibility index (Phi) is 5.90. The Morgan fingerprint density at radius 3 is 1.09 bits per heavy atom. The Morgan fingerprint density at radius 2 is 0.864 bits per heavy atom. The Hall–Kier alpha value is -0.180. The first-order chi connectivity index (χ1) is 10.1. The Morgan fingerprint density at radius 1 is 0.591 bits per heavy atom. The van der Waals surface area contributed by atoms with Crippen molar-refractivity contribution in [3.05, 3.63) is 0 Å². The van der Waals surface area contributed by atoms with E-state index in [1.807, 2.05) is 0 Å². The fraction of sp³-hybridized carbons (Fsp3) is 1.00. The normalized spacial score (nSPS) is 34.5. The van der Waals surface area contributed by atoms with Crippen LogP contribution < -0.4 is 9.44 Å². The predicted octanol–water partition coefficient (Wildman–Crippen LogP) is 1.20. The van der Waals surface area contributed by atoms with E-state index in [9.17, 15) is 16.8 Å². The van der Waals surface area contributed by atoms with Gasteiger partial charge >= 0.3 is 0 Å². The summed E-state index contributed by atoms with van der Waals surface area (Å²) in [6, 6.07) is 0.184. The SMILES string of the molecule is CS(=O)(=O)NC1CCC(C2CCC(NS(C)(=O)=O)CC2)CC1. The molecular formula is C14H28N2O4S2. The maximum atomic E-state index is 11.3. The van der Waals surface area contributed by atoms with Crippen LogP contribution in [0.4, 0.5) is 0 Å². The molecule has 0 radical (unpaired) electrons. The van der Waals surface area contributed by atoms with E-state index < -0.39 is 20.0 Å². The molecule has 6 nitrogen and oxygen atoms in total. The molecule has 2 aliphatic carbocycles. The monoisotopic (exact) mass is 352 g/mol. The minimum Gasteiger partial charge on any atom is -0.213 e. The smallest absolute Gasteiger partial charge is 0.208 e. The Labute approximate surface area is 134 Å². The second-order valence-electron chi connectivity index (χ2n) is 7.00. The standard InChI is InChI=1S/C14H28N2O4S2/c1-21(17,18)15-13-7-3-11(4-8-13)12-5-9-14(10-6-12)16-22(2,19)20/h11-16H,3-10H2,1-2H3. The van der Waals surface area contributed by atoms with Crippen molar-refractivity contribution < 1.29 is 16.8 Å². The zero-order valence-corrected chi connectivity index (χ0v) is 15.0. The molecule has 2 saturated carbocycles. The molecule has 8 heteroatoms. The van der Waals surface area contributed by atoms with Crippen molar-refractivity contribution in [3.63, 3.8) is 0 Å². The fourth-order valence-electron chi connectivity index (χ4n) is 4.02. The van der Waals surface area contributed by atoms with E-state index in [1.54, 1.807) is 0 Å². The molecule has 0 aromatic rings. The molecule has 2 fully saturated rings. The molecule has 0 saturated heterocycles. The van der Waals surface area contributed by atoms with E-state index in [0.29, 0.717) is 11.8 Å². The Bertz CT molecular complexity index is 506. The molecule has 0 amide bonds. The van der Waals surface area contributed by atoms with Crippen molar-refractivity contribution in [2.75, 3.05) is 12.5 Å². The molecule has 0 unspecified atom stereocenters. The van der Waals surface area contributed by atoms with Gasteiger partial charge in [-0.3, -0.25) is 0 Å². The van der Waals surface area contributed by atoms with Crippen molar-refractivity contribution in [1.29, 1.82) is 0 Å². The van der Waals surface area contributed by atoms with Gasteiger partial charge in [-0.2, -0.15) is 0 Å². The lowest BCUT2D eigenvalue weighted by Crippen LogP contribution is -2.40. The molecule has 2 N–H and O–H groups in total. The number of sulfonamides is 2. The lowest BCUT2D eigenvalue weighted by atomic mass is 9.72. The van der Waals surface area contributed by atoms with Gasteiger partial charge in [-0.1, -0.05) is 0 Å². The number of hydrogen-bond acceptors (Lipinski definition) is 4. The van der Waals surface area contributed by atoms with Crippen LogP contribution in [0.5, 0.6) is 0 Å². The van der Waals surface area contributed by atoms with Crippen LogP contribution in [0.25, 0.3) is 0 Å². The van der Waals surface area contributed by atoms with E-state index in [4.69, 9.17) is 0 Å². The maximum absolute atomic E-state index is 11.3. The van der Waals surface area contributed by atoms with Gasteiger partial charge in [-0.25, -0.2) is 26.3 Å². The zero-order valence-electron chi connectivity index (χ0n) is 13.4. The summed E-state index contributed by atoms with van der Waals surface area (Å²) in [5, 5.41) is 0. The van der Waals surface area contributed by atoms with Crippen molar-refractivity contribution in [3.8, 4) is 0 Å². The predicted molar refractivity (Wildman–Crippen MR) is 87.5 cm³/mol. The van der Waals surface area contributed by atoms with E-state index >= 15 is 0 Å². The third kappa shape index (κ3) is 6.14. The fourth-order valence-corrected chi connectivity index (χ4v) is 5.70. The van der Waals surface area contributed by atoms with Crippen LogP contribution >= 0.6 is 0 Å². The Balaban J connectivity index is 1.75. The average Bonchev–Trinajstić information content (AvgIpc) is 2.37. The molecule has 2 aliphatic rings. The highest BCUT2D eigenvalue weighted by atomic mass is 32.2. The van der Waals surface area contributed by atoms with Gasteiger partial charge in [0.25, 0.3) is 0 Å². The van der Waals surface area contributed by atoms with Crippen LogP contribution in [0.2, 0.25) is 0 Å². The summed E-state index contributed by atoms with van der Waals surface area (Å²) < 4.78 is 50.5. The summed E-state index contributed by atoms with van der Waals surface area (Å²) >= 11 is 0. The quantitative estimate of drug-likeness (QED) is 0.778. The summed E-state index contributed by atoms with van der Waals surface area (Å²) in [5.74, 6) is 1.33. The molecule has 0 atom stereocenters. The number of rotatable bonds is 5. The molecule has 2 rings (SSSR count). The number of hydrogen-bond donors (Lipinski definition) is 2. The molecule has 130 valence electrons. The van der Waals surface area contributed by atoms with Gasteiger partial charge < -0.3 is 0 Å². The zero-order chi connectivity index (χ0) is 16.4. The first-order valence-electron chi connectivity index (χ1n) is 8.07. The van der Waals surface area contributed by atoms with Gasteiger partial charge in [-0.15, -0.1) is 0 Å². The lowest BCUT2D eigenvalue weighted by molar-refractivity contribution is 0.172. The van der Waals surface area contributed by atoms with Crippen molar-refractivity contribution >= 4 is 20.0 Å². The van der Waals surface area contributed by atoms with Crippen molar-refractivity contribution in [2.45, 2.75) is 63.5 Å². The van der Waals surface area contributed by atoms with Crippen LogP contribution in [0.15, 0.2) is 0 Å². The van der Waals surface area contributed by atoms with E-state index in [1.165, 1.54) is 12.5 Å². The average molecular weight is 353 g/mol. The lowest BCUT2D eigenvalue weighted by Gasteiger charge is -2.37. The van der Waals surface area contributed by atoms with Crippen LogP contribution in [0.1, 0.15) is 51.4 Å². The van der Waals surface area contributed by atoms with Crippen LogP contribution in [-0.2, 0) is 20.0 Å². The highest BCUT2D eigenvalue weighted by Crippen LogP contribution is 2.38. The molecule has 0 aromatic heterocycles. The first kappa shape index (κ1) is 18.2. The van der Waals surface area contributed by atoms with E-state index in [0.717, 1.165) is 51.4 Å². The van der Waals surface area contributed by atoms with Gasteiger partial charge in [0, 0.05) is 12.1 Å². The van der Waals surface area contributed by atoms with Gasteiger partial charge in [-0.05, 0) is 63.2 Å². The minimum atomic E-state index is -3.11. The second kappa shape index (κ2) is 7.15. The van der Waals surface area contributed by atoms with E-state index in [2.05, 4.69) is 9.44 Å². The largest absolute Gasteiger partial charge is 0.213 e. The summed E-state index contributed by atoms with van der Waals surface area (Å²) in [7, 11) is -6.21. The highest BCUT2D eigenvalue weighted by molar-refractivity contribution is 7.89. The molecular weight excluding hydrogens is 324 g/mol. The van der Waals surface area contributed by atoms with E-state index in [-0.39, 0.29) is 12.1 Å².